The van der Waals surface area contributed by atoms with E-state index in [1.807, 2.05) is 30.5 Å². The van der Waals surface area contributed by atoms with Crippen LogP contribution >= 0.6 is 22.6 Å². The highest BCUT2D eigenvalue weighted by Crippen LogP contribution is 2.26. The molecule has 0 saturated heterocycles. The number of aliphatic hydroxyl groups is 1. The zero-order chi connectivity index (χ0) is 17.9. The second-order valence-electron chi connectivity index (χ2n) is 5.80. The summed E-state index contributed by atoms with van der Waals surface area (Å²) in [5.74, 6) is -0.437. The summed E-state index contributed by atoms with van der Waals surface area (Å²) in [4.78, 5) is 24.9. The average molecular weight is 443 g/mol. The SMILES string of the molecule is CCOC(=O)c1cn([C@H](CO)[C@@H](C)CC)c2ccc(I)cc2c1=O. The van der Waals surface area contributed by atoms with Gasteiger partial charge in [-0.3, -0.25) is 4.79 Å². The van der Waals surface area contributed by atoms with Crippen molar-refractivity contribution in [2.24, 2.45) is 5.92 Å². The minimum atomic E-state index is -0.627. The Kier molecular flexibility index (Phi) is 6.40. The van der Waals surface area contributed by atoms with Gasteiger partial charge in [0.05, 0.1) is 24.8 Å². The Morgan fingerprint density at radius 3 is 2.67 bits per heavy atom. The number of esters is 1. The fourth-order valence-electron chi connectivity index (χ4n) is 2.77. The van der Waals surface area contributed by atoms with E-state index in [2.05, 4.69) is 22.6 Å². The number of pyridine rings is 1. The number of hydrogen-bond donors (Lipinski definition) is 1. The smallest absolute Gasteiger partial charge is 0.343 e. The summed E-state index contributed by atoms with van der Waals surface area (Å²) in [5, 5.41) is 10.3. The van der Waals surface area contributed by atoms with E-state index in [1.54, 1.807) is 13.0 Å². The van der Waals surface area contributed by atoms with Gasteiger partial charge in [0.1, 0.15) is 5.56 Å². The van der Waals surface area contributed by atoms with Gasteiger partial charge in [-0.2, -0.15) is 0 Å². The van der Waals surface area contributed by atoms with Crippen molar-refractivity contribution in [1.82, 2.24) is 4.57 Å². The molecule has 1 aromatic heterocycles. The number of hydrogen-bond acceptors (Lipinski definition) is 4. The predicted octanol–water partition coefficient (Wildman–Crippen LogP) is 3.36. The number of carbonyl (C=O) groups is 1. The van der Waals surface area contributed by atoms with Crippen LogP contribution in [-0.2, 0) is 4.74 Å². The molecule has 0 saturated carbocycles. The largest absolute Gasteiger partial charge is 0.462 e. The molecule has 1 aromatic carbocycles. The van der Waals surface area contributed by atoms with Crippen molar-refractivity contribution in [3.8, 4) is 0 Å². The third-order valence-electron chi connectivity index (χ3n) is 4.33. The molecule has 0 amide bonds. The molecule has 2 aromatic rings. The molecule has 1 heterocycles. The number of aromatic nitrogens is 1. The van der Waals surface area contributed by atoms with Gasteiger partial charge in [0.2, 0.25) is 5.43 Å². The Morgan fingerprint density at radius 2 is 2.08 bits per heavy atom. The highest BCUT2D eigenvalue weighted by molar-refractivity contribution is 14.1. The van der Waals surface area contributed by atoms with Crippen LogP contribution < -0.4 is 5.43 Å². The third-order valence-corrected chi connectivity index (χ3v) is 5.01. The summed E-state index contributed by atoms with van der Waals surface area (Å²) in [5.41, 5.74) is 0.389. The van der Waals surface area contributed by atoms with Gasteiger partial charge in [-0.15, -0.1) is 0 Å². The monoisotopic (exact) mass is 443 g/mol. The lowest BCUT2D eigenvalue weighted by molar-refractivity contribution is 0.0523. The lowest BCUT2D eigenvalue weighted by atomic mass is 9.98. The van der Waals surface area contributed by atoms with Crippen LogP contribution in [0.15, 0.2) is 29.2 Å². The van der Waals surface area contributed by atoms with E-state index in [-0.39, 0.29) is 36.2 Å². The average Bonchev–Trinajstić information content (AvgIpc) is 2.57. The van der Waals surface area contributed by atoms with Crippen molar-refractivity contribution in [3.63, 3.8) is 0 Å². The van der Waals surface area contributed by atoms with Crippen LogP contribution in [0.25, 0.3) is 10.9 Å². The van der Waals surface area contributed by atoms with Gasteiger partial charge in [0.25, 0.3) is 0 Å². The molecular weight excluding hydrogens is 421 g/mol. The number of carbonyl (C=O) groups excluding carboxylic acids is 1. The van der Waals surface area contributed by atoms with Crippen molar-refractivity contribution in [2.45, 2.75) is 33.2 Å². The lowest BCUT2D eigenvalue weighted by Gasteiger charge is -2.26. The number of ether oxygens (including phenoxy) is 1. The van der Waals surface area contributed by atoms with Crippen molar-refractivity contribution in [2.75, 3.05) is 13.2 Å². The molecule has 6 heteroatoms. The fraction of sp³-hybridized carbons (Fsp3) is 0.444. The van der Waals surface area contributed by atoms with Gasteiger partial charge in [0.15, 0.2) is 0 Å². The molecule has 0 aliphatic rings. The standard InChI is InChI=1S/C18H22INO4/c1-4-11(3)16(10-21)20-9-14(18(23)24-5-2)17(22)13-8-12(19)6-7-15(13)20/h6-9,11,16,21H,4-5,10H2,1-3H3/t11-,16+/m0/s1. The lowest BCUT2D eigenvalue weighted by Crippen LogP contribution is -2.26. The van der Waals surface area contributed by atoms with Crippen LogP contribution in [0.3, 0.4) is 0 Å². The molecule has 0 unspecified atom stereocenters. The molecule has 0 aliphatic carbocycles. The summed E-state index contributed by atoms with van der Waals surface area (Å²) in [6, 6.07) is 5.32. The van der Waals surface area contributed by atoms with Crippen molar-refractivity contribution in [3.05, 3.63) is 43.8 Å². The zero-order valence-corrected chi connectivity index (χ0v) is 16.2. The number of rotatable bonds is 6. The maximum atomic E-state index is 12.7. The molecule has 130 valence electrons. The summed E-state index contributed by atoms with van der Waals surface area (Å²) in [6.07, 6.45) is 2.40. The molecule has 0 aliphatic heterocycles. The highest BCUT2D eigenvalue weighted by atomic mass is 127. The first-order valence-electron chi connectivity index (χ1n) is 8.06. The Labute approximate surface area is 154 Å². The molecule has 0 fully saturated rings. The maximum Gasteiger partial charge on any atom is 0.343 e. The third kappa shape index (κ3) is 3.64. The van der Waals surface area contributed by atoms with Crippen molar-refractivity contribution < 1.29 is 14.6 Å². The number of halogens is 1. The normalized spacial score (nSPS) is 13.7. The van der Waals surface area contributed by atoms with Crippen LogP contribution in [0.4, 0.5) is 0 Å². The van der Waals surface area contributed by atoms with Crippen LogP contribution in [-0.4, -0.2) is 28.9 Å². The van der Waals surface area contributed by atoms with E-state index in [1.165, 1.54) is 6.20 Å². The number of aliphatic hydroxyl groups excluding tert-OH is 1. The fourth-order valence-corrected chi connectivity index (χ4v) is 3.26. The van der Waals surface area contributed by atoms with Crippen LogP contribution in [0.1, 0.15) is 43.6 Å². The minimum absolute atomic E-state index is 0.00750. The van der Waals surface area contributed by atoms with Gasteiger partial charge >= 0.3 is 5.97 Å². The summed E-state index contributed by atoms with van der Waals surface area (Å²) in [6.45, 7) is 5.93. The number of nitrogens with zero attached hydrogens (tertiary/aromatic N) is 1. The first-order valence-corrected chi connectivity index (χ1v) is 9.14. The van der Waals surface area contributed by atoms with E-state index in [4.69, 9.17) is 4.74 Å². The second-order valence-corrected chi connectivity index (χ2v) is 7.04. The van der Waals surface area contributed by atoms with Crippen LogP contribution in [0, 0.1) is 9.49 Å². The van der Waals surface area contributed by atoms with Crippen LogP contribution in [0.5, 0.6) is 0 Å². The maximum absolute atomic E-state index is 12.7. The molecule has 2 atom stereocenters. The van der Waals surface area contributed by atoms with Gasteiger partial charge < -0.3 is 14.4 Å². The number of fused-ring (bicyclic) bond motifs is 1. The first kappa shape index (κ1) is 18.9. The van der Waals surface area contributed by atoms with Gasteiger partial charge in [-0.05, 0) is 53.6 Å². The molecular formula is C18H22INO4. The van der Waals surface area contributed by atoms with Crippen LogP contribution in [0.2, 0.25) is 0 Å². The van der Waals surface area contributed by atoms with Gasteiger partial charge in [0, 0.05) is 15.2 Å². The van der Waals surface area contributed by atoms with Crippen molar-refractivity contribution in [1.29, 1.82) is 0 Å². The minimum Gasteiger partial charge on any atom is -0.462 e. The molecule has 2 rings (SSSR count). The highest BCUT2D eigenvalue weighted by Gasteiger charge is 2.23. The zero-order valence-electron chi connectivity index (χ0n) is 14.1. The van der Waals surface area contributed by atoms with Gasteiger partial charge in [-0.1, -0.05) is 20.3 Å². The topological polar surface area (TPSA) is 68.5 Å². The van der Waals surface area contributed by atoms with E-state index in [0.29, 0.717) is 10.9 Å². The predicted molar refractivity (Wildman–Crippen MR) is 102 cm³/mol. The molecule has 0 bridgehead atoms. The molecule has 1 N–H and O–H groups in total. The van der Waals surface area contributed by atoms with Crippen molar-refractivity contribution >= 4 is 39.5 Å². The first-order chi connectivity index (χ1) is 11.4. The molecule has 0 spiro atoms. The van der Waals surface area contributed by atoms with E-state index in [0.717, 1.165) is 9.99 Å². The second kappa shape index (κ2) is 8.11. The summed E-state index contributed by atoms with van der Waals surface area (Å²) < 4.78 is 7.78. The Balaban J connectivity index is 2.79. The van der Waals surface area contributed by atoms with Gasteiger partial charge in [-0.25, -0.2) is 4.79 Å². The summed E-state index contributed by atoms with van der Waals surface area (Å²) >= 11 is 2.14. The number of benzene rings is 1. The molecule has 5 nitrogen and oxygen atoms in total. The molecule has 0 radical (unpaired) electrons. The van der Waals surface area contributed by atoms with E-state index in [9.17, 15) is 14.7 Å². The Bertz CT molecular complexity index is 799. The molecule has 24 heavy (non-hydrogen) atoms. The van der Waals surface area contributed by atoms with E-state index < -0.39 is 5.97 Å². The Morgan fingerprint density at radius 1 is 1.38 bits per heavy atom. The van der Waals surface area contributed by atoms with E-state index >= 15 is 0 Å². The quantitative estimate of drug-likeness (QED) is 0.549. The summed E-state index contributed by atoms with van der Waals surface area (Å²) in [7, 11) is 0. The Hall–Kier alpha value is -1.41.